The van der Waals surface area contributed by atoms with Gasteiger partial charge in [-0.2, -0.15) is 0 Å². The molecule has 1 unspecified atom stereocenters. The summed E-state index contributed by atoms with van der Waals surface area (Å²) in [5.41, 5.74) is 1.10. The molecule has 2 saturated heterocycles. The Kier molecular flexibility index (Phi) is 5.58. The Bertz CT molecular complexity index is 916. The van der Waals surface area contributed by atoms with Crippen LogP contribution < -0.4 is 4.74 Å². The van der Waals surface area contributed by atoms with E-state index in [-0.39, 0.29) is 30.2 Å². The molecule has 2 atom stereocenters. The second-order valence-corrected chi connectivity index (χ2v) is 8.44. The van der Waals surface area contributed by atoms with Crippen LogP contribution in [0.2, 0.25) is 0 Å². The summed E-state index contributed by atoms with van der Waals surface area (Å²) in [5.74, 6) is 1.15. The first kappa shape index (κ1) is 19.5. The Morgan fingerprint density at radius 2 is 1.66 bits per heavy atom. The second-order valence-electron chi connectivity index (χ2n) is 7.26. The highest BCUT2D eigenvalue weighted by Gasteiger charge is 2.41. The van der Waals surface area contributed by atoms with E-state index >= 15 is 0 Å². The molecule has 0 spiro atoms. The largest absolute Gasteiger partial charge is 0.457 e. The van der Waals surface area contributed by atoms with Crippen molar-refractivity contribution in [3.8, 4) is 11.5 Å². The SMILES string of the molecule is CN1C(=O)CC(SN2C(=O)CC[C@@H]2Cc2ccc(Oc3ccccc3)cc2)C1=O. The number of carbonyl (C=O) groups is 3. The molecule has 7 heteroatoms. The molecule has 2 aliphatic heterocycles. The van der Waals surface area contributed by atoms with Crippen LogP contribution in [0.1, 0.15) is 24.8 Å². The monoisotopic (exact) mass is 410 g/mol. The Morgan fingerprint density at radius 1 is 0.966 bits per heavy atom. The summed E-state index contributed by atoms with van der Waals surface area (Å²) in [4.78, 5) is 37.5. The molecule has 0 saturated carbocycles. The maximum atomic E-state index is 12.4. The number of para-hydroxylation sites is 1. The number of hydrogen-bond donors (Lipinski definition) is 0. The van der Waals surface area contributed by atoms with Crippen molar-refractivity contribution in [1.82, 2.24) is 9.21 Å². The molecule has 2 heterocycles. The molecule has 2 aliphatic rings. The van der Waals surface area contributed by atoms with Gasteiger partial charge in [0.1, 0.15) is 16.7 Å². The zero-order valence-corrected chi connectivity index (χ0v) is 16.9. The van der Waals surface area contributed by atoms with Gasteiger partial charge in [-0.15, -0.1) is 0 Å². The van der Waals surface area contributed by atoms with Crippen molar-refractivity contribution in [2.24, 2.45) is 0 Å². The van der Waals surface area contributed by atoms with Crippen LogP contribution >= 0.6 is 11.9 Å². The predicted octanol–water partition coefficient (Wildman–Crippen LogP) is 3.42. The number of carbonyl (C=O) groups excluding carboxylic acids is 3. The minimum absolute atomic E-state index is 0.0159. The zero-order valence-electron chi connectivity index (χ0n) is 16.1. The highest BCUT2D eigenvalue weighted by atomic mass is 32.2. The third-order valence-corrected chi connectivity index (χ3v) is 6.58. The van der Waals surface area contributed by atoms with E-state index in [2.05, 4.69) is 0 Å². The summed E-state index contributed by atoms with van der Waals surface area (Å²) in [7, 11) is 1.49. The van der Waals surface area contributed by atoms with Crippen LogP contribution in [-0.4, -0.2) is 45.3 Å². The van der Waals surface area contributed by atoms with Crippen molar-refractivity contribution < 1.29 is 19.1 Å². The van der Waals surface area contributed by atoms with Crippen molar-refractivity contribution >= 4 is 29.7 Å². The van der Waals surface area contributed by atoms with Gasteiger partial charge >= 0.3 is 0 Å². The molecule has 0 aliphatic carbocycles. The lowest BCUT2D eigenvalue weighted by Crippen LogP contribution is -2.33. The topological polar surface area (TPSA) is 66.9 Å². The smallest absolute Gasteiger partial charge is 0.244 e. The Hall–Kier alpha value is -2.80. The number of ether oxygens (including phenoxy) is 1. The number of likely N-dealkylation sites (tertiary alicyclic amines) is 1. The molecule has 0 bridgehead atoms. The van der Waals surface area contributed by atoms with Crippen LogP contribution in [0, 0.1) is 0 Å². The lowest BCUT2D eigenvalue weighted by Gasteiger charge is -2.25. The summed E-state index contributed by atoms with van der Waals surface area (Å²) in [6.45, 7) is 0. The van der Waals surface area contributed by atoms with Crippen molar-refractivity contribution in [1.29, 1.82) is 0 Å². The molecule has 6 nitrogen and oxygen atoms in total. The number of hydrogen-bond acceptors (Lipinski definition) is 5. The Labute approximate surface area is 174 Å². The number of amides is 3. The second kappa shape index (κ2) is 8.29. The Morgan fingerprint density at radius 3 is 2.31 bits per heavy atom. The fourth-order valence-corrected chi connectivity index (χ4v) is 4.88. The van der Waals surface area contributed by atoms with E-state index < -0.39 is 5.25 Å². The van der Waals surface area contributed by atoms with Gasteiger partial charge < -0.3 is 4.74 Å². The van der Waals surface area contributed by atoms with Gasteiger partial charge in [-0.05, 0) is 54.6 Å². The van der Waals surface area contributed by atoms with Crippen LogP contribution in [0.25, 0.3) is 0 Å². The average Bonchev–Trinajstić information content (AvgIpc) is 3.19. The summed E-state index contributed by atoms with van der Waals surface area (Å²) in [6, 6.07) is 17.5. The standard InChI is InChI=1S/C22H22N2O4S/c1-23-21(26)14-19(22(23)27)29-24-16(9-12-20(24)25)13-15-7-10-18(11-8-15)28-17-5-3-2-4-6-17/h2-8,10-11,16,19H,9,12-14H2,1H3/t16-,19?/m1/s1. The minimum Gasteiger partial charge on any atom is -0.457 e. The van der Waals surface area contributed by atoms with Crippen molar-refractivity contribution in [2.45, 2.75) is 37.0 Å². The first-order valence-electron chi connectivity index (χ1n) is 9.62. The molecular formula is C22H22N2O4S. The first-order chi connectivity index (χ1) is 14.0. The van der Waals surface area contributed by atoms with Crippen LogP contribution in [0.3, 0.4) is 0 Å². The number of benzene rings is 2. The van der Waals surface area contributed by atoms with Gasteiger partial charge in [-0.3, -0.25) is 23.6 Å². The lowest BCUT2D eigenvalue weighted by molar-refractivity contribution is -0.136. The van der Waals surface area contributed by atoms with E-state index in [1.807, 2.05) is 54.6 Å². The number of nitrogens with zero attached hydrogens (tertiary/aromatic N) is 2. The van der Waals surface area contributed by atoms with E-state index in [9.17, 15) is 14.4 Å². The fourth-order valence-electron chi connectivity index (χ4n) is 3.58. The average molecular weight is 410 g/mol. The van der Waals surface area contributed by atoms with Crippen LogP contribution in [0.5, 0.6) is 11.5 Å². The highest BCUT2D eigenvalue weighted by molar-refractivity contribution is 7.99. The van der Waals surface area contributed by atoms with Gasteiger partial charge in [0.25, 0.3) is 0 Å². The third-order valence-electron chi connectivity index (χ3n) is 5.22. The summed E-state index contributed by atoms with van der Waals surface area (Å²) >= 11 is 1.22. The van der Waals surface area contributed by atoms with E-state index in [0.29, 0.717) is 12.8 Å². The van der Waals surface area contributed by atoms with Crippen LogP contribution in [0.15, 0.2) is 54.6 Å². The van der Waals surface area contributed by atoms with Crippen molar-refractivity contribution in [3.05, 3.63) is 60.2 Å². The molecule has 150 valence electrons. The van der Waals surface area contributed by atoms with Crippen LogP contribution in [-0.2, 0) is 20.8 Å². The Balaban J connectivity index is 1.39. The van der Waals surface area contributed by atoms with E-state index in [0.717, 1.165) is 28.4 Å². The molecule has 3 amide bonds. The first-order valence-corrected chi connectivity index (χ1v) is 10.5. The zero-order chi connectivity index (χ0) is 20.4. The molecule has 0 aromatic heterocycles. The summed E-state index contributed by atoms with van der Waals surface area (Å²) in [6.07, 6.45) is 2.08. The quantitative estimate of drug-likeness (QED) is 0.539. The maximum absolute atomic E-state index is 12.4. The van der Waals surface area contributed by atoms with Gasteiger partial charge in [0, 0.05) is 25.9 Å². The van der Waals surface area contributed by atoms with Gasteiger partial charge in [-0.25, -0.2) is 0 Å². The third kappa shape index (κ3) is 4.29. The number of rotatable bonds is 6. The van der Waals surface area contributed by atoms with E-state index in [4.69, 9.17) is 4.74 Å². The normalized spacial score (nSPS) is 21.9. The molecular weight excluding hydrogens is 388 g/mol. The van der Waals surface area contributed by atoms with Crippen molar-refractivity contribution in [2.75, 3.05) is 7.05 Å². The van der Waals surface area contributed by atoms with Gasteiger partial charge in [0.15, 0.2) is 0 Å². The molecule has 4 rings (SSSR count). The van der Waals surface area contributed by atoms with Gasteiger partial charge in [0.05, 0.1) is 0 Å². The fraction of sp³-hybridized carbons (Fsp3) is 0.318. The molecule has 0 radical (unpaired) electrons. The maximum Gasteiger partial charge on any atom is 0.244 e. The lowest BCUT2D eigenvalue weighted by atomic mass is 10.0. The molecule has 29 heavy (non-hydrogen) atoms. The molecule has 2 aromatic carbocycles. The summed E-state index contributed by atoms with van der Waals surface area (Å²) in [5, 5.41) is -0.501. The highest BCUT2D eigenvalue weighted by Crippen LogP contribution is 2.35. The molecule has 0 N–H and O–H groups in total. The molecule has 2 fully saturated rings. The number of imide groups is 1. The van der Waals surface area contributed by atoms with E-state index in [1.165, 1.54) is 19.0 Å². The van der Waals surface area contributed by atoms with Gasteiger partial charge in [0.2, 0.25) is 17.7 Å². The minimum atomic E-state index is -0.501. The van der Waals surface area contributed by atoms with Crippen LogP contribution in [0.4, 0.5) is 0 Å². The van der Waals surface area contributed by atoms with Gasteiger partial charge in [-0.1, -0.05) is 30.3 Å². The summed E-state index contributed by atoms with van der Waals surface area (Å²) < 4.78 is 7.53. The van der Waals surface area contributed by atoms with Crippen molar-refractivity contribution in [3.63, 3.8) is 0 Å². The van der Waals surface area contributed by atoms with E-state index in [1.54, 1.807) is 4.31 Å². The molecule has 2 aromatic rings. The predicted molar refractivity (Wildman–Crippen MR) is 110 cm³/mol.